The van der Waals surface area contributed by atoms with Crippen LogP contribution in [0.3, 0.4) is 0 Å². The van der Waals surface area contributed by atoms with Crippen LogP contribution in [0.5, 0.6) is 0 Å². The highest BCUT2D eigenvalue weighted by Gasteiger charge is 2.51. The molecule has 16 heavy (non-hydrogen) atoms. The third kappa shape index (κ3) is 1.77. The smallest absolute Gasteiger partial charge is 0.310 e. The molecule has 5 heteroatoms. The van der Waals surface area contributed by atoms with Gasteiger partial charge in [-0.3, -0.25) is 9.48 Å². The first-order valence-corrected chi connectivity index (χ1v) is 6.23. The van der Waals surface area contributed by atoms with Crippen LogP contribution in [0, 0.1) is 5.41 Å². The highest BCUT2D eigenvalue weighted by Crippen LogP contribution is 2.49. The molecular formula is C11H15BrN2O2. The van der Waals surface area contributed by atoms with E-state index in [0.29, 0.717) is 6.42 Å². The number of nitrogens with zero attached hydrogens (tertiary/aromatic N) is 2. The average molecular weight is 287 g/mol. The second-order valence-corrected chi connectivity index (χ2v) is 5.24. The largest absolute Gasteiger partial charge is 0.481 e. The van der Waals surface area contributed by atoms with Gasteiger partial charge in [-0.25, -0.2) is 0 Å². The van der Waals surface area contributed by atoms with Gasteiger partial charge >= 0.3 is 5.97 Å². The van der Waals surface area contributed by atoms with Crippen LogP contribution in [0.15, 0.2) is 4.47 Å². The second-order valence-electron chi connectivity index (χ2n) is 4.45. The number of aliphatic carboxylic acids is 1. The maximum atomic E-state index is 11.1. The molecule has 0 aromatic carbocycles. The predicted molar refractivity (Wildman–Crippen MR) is 63.3 cm³/mol. The van der Waals surface area contributed by atoms with Crippen LogP contribution in [-0.4, -0.2) is 20.9 Å². The van der Waals surface area contributed by atoms with Gasteiger partial charge in [-0.1, -0.05) is 6.92 Å². The fourth-order valence-corrected chi connectivity index (χ4v) is 2.71. The summed E-state index contributed by atoms with van der Waals surface area (Å²) in [5.41, 5.74) is 1.47. The zero-order valence-electron chi connectivity index (χ0n) is 9.46. The van der Waals surface area contributed by atoms with Gasteiger partial charge in [-0.2, -0.15) is 5.10 Å². The van der Waals surface area contributed by atoms with Crippen LogP contribution < -0.4 is 0 Å². The zero-order chi connectivity index (χ0) is 11.9. The quantitative estimate of drug-likeness (QED) is 0.923. The van der Waals surface area contributed by atoms with E-state index in [4.69, 9.17) is 5.11 Å². The molecule has 1 aliphatic rings. The standard InChI is InChI=1S/C11H15BrN2O2/c1-3-7-9(12)8(14(2)13-7)6-11(4-5-11)10(15)16/h3-6H2,1-2H3,(H,15,16). The van der Waals surface area contributed by atoms with Gasteiger partial charge in [0.25, 0.3) is 0 Å². The van der Waals surface area contributed by atoms with Crippen LogP contribution in [0.1, 0.15) is 31.2 Å². The zero-order valence-corrected chi connectivity index (χ0v) is 11.0. The van der Waals surface area contributed by atoms with E-state index in [9.17, 15) is 4.79 Å². The molecule has 0 spiro atoms. The molecule has 0 bridgehead atoms. The molecule has 88 valence electrons. The number of aryl methyl sites for hydroxylation is 2. The van der Waals surface area contributed by atoms with E-state index in [2.05, 4.69) is 21.0 Å². The SMILES string of the molecule is CCc1nn(C)c(CC2(C(=O)O)CC2)c1Br. The van der Waals surface area contributed by atoms with Crippen LogP contribution in [-0.2, 0) is 24.7 Å². The number of aromatic nitrogens is 2. The first kappa shape index (κ1) is 11.6. The van der Waals surface area contributed by atoms with Crippen LogP contribution in [0.2, 0.25) is 0 Å². The molecule has 0 aliphatic heterocycles. The molecule has 1 aromatic heterocycles. The third-order valence-corrected chi connectivity index (χ3v) is 4.23. The summed E-state index contributed by atoms with van der Waals surface area (Å²) in [5.74, 6) is -0.682. The fourth-order valence-electron chi connectivity index (χ4n) is 1.95. The Morgan fingerprint density at radius 2 is 2.25 bits per heavy atom. The molecule has 0 radical (unpaired) electrons. The molecule has 2 rings (SSSR count). The minimum absolute atomic E-state index is 0.526. The summed E-state index contributed by atoms with van der Waals surface area (Å²) in [6.07, 6.45) is 2.99. The Labute approximate surface area is 103 Å². The molecule has 1 aliphatic carbocycles. The predicted octanol–water partition coefficient (Wildman–Crippen LogP) is 2.15. The maximum Gasteiger partial charge on any atom is 0.310 e. The molecule has 0 atom stereocenters. The number of hydrogen-bond acceptors (Lipinski definition) is 2. The van der Waals surface area contributed by atoms with E-state index in [1.54, 1.807) is 4.68 Å². The average Bonchev–Trinajstić information content (AvgIpc) is 2.97. The first-order chi connectivity index (χ1) is 7.50. The molecule has 1 N–H and O–H groups in total. The fraction of sp³-hybridized carbons (Fsp3) is 0.636. The summed E-state index contributed by atoms with van der Waals surface area (Å²) in [4.78, 5) is 11.1. The van der Waals surface area contributed by atoms with Gasteiger partial charge in [-0.15, -0.1) is 0 Å². The Balaban J connectivity index is 2.28. The van der Waals surface area contributed by atoms with Crippen LogP contribution >= 0.6 is 15.9 Å². The number of carboxylic acids is 1. The number of hydrogen-bond donors (Lipinski definition) is 1. The number of carbonyl (C=O) groups is 1. The maximum absolute atomic E-state index is 11.1. The monoisotopic (exact) mass is 286 g/mol. The molecule has 1 fully saturated rings. The van der Waals surface area contributed by atoms with Gasteiger partial charge in [-0.05, 0) is 35.2 Å². The Kier molecular flexibility index (Phi) is 2.82. The lowest BCUT2D eigenvalue weighted by molar-refractivity contribution is -0.143. The van der Waals surface area contributed by atoms with E-state index in [-0.39, 0.29) is 0 Å². The summed E-state index contributed by atoms with van der Waals surface area (Å²) < 4.78 is 2.77. The van der Waals surface area contributed by atoms with E-state index < -0.39 is 11.4 Å². The molecule has 4 nitrogen and oxygen atoms in total. The van der Waals surface area contributed by atoms with Crippen LogP contribution in [0.25, 0.3) is 0 Å². The van der Waals surface area contributed by atoms with Crippen molar-refractivity contribution in [3.8, 4) is 0 Å². The Hall–Kier alpha value is -0.840. The van der Waals surface area contributed by atoms with Gasteiger partial charge in [0.1, 0.15) is 0 Å². The molecule has 1 aromatic rings. The molecule has 1 saturated carbocycles. The minimum Gasteiger partial charge on any atom is -0.481 e. The second kappa shape index (κ2) is 3.87. The highest BCUT2D eigenvalue weighted by atomic mass is 79.9. The van der Waals surface area contributed by atoms with Crippen molar-refractivity contribution < 1.29 is 9.90 Å². The van der Waals surface area contributed by atoms with Gasteiger partial charge in [0.05, 0.1) is 21.3 Å². The lowest BCUT2D eigenvalue weighted by Gasteiger charge is -2.10. The Bertz CT molecular complexity index is 435. The molecule has 0 saturated heterocycles. The summed E-state index contributed by atoms with van der Waals surface area (Å²) in [7, 11) is 1.87. The first-order valence-electron chi connectivity index (χ1n) is 5.44. The van der Waals surface area contributed by atoms with E-state index in [1.165, 1.54) is 0 Å². The normalized spacial score (nSPS) is 17.4. The van der Waals surface area contributed by atoms with Crippen molar-refractivity contribution in [3.63, 3.8) is 0 Å². The van der Waals surface area contributed by atoms with Gasteiger partial charge in [0, 0.05) is 13.5 Å². The summed E-state index contributed by atoms with van der Waals surface area (Å²) in [6, 6.07) is 0. The molecule has 1 heterocycles. The number of halogens is 1. The van der Waals surface area contributed by atoms with E-state index in [1.807, 2.05) is 14.0 Å². The Morgan fingerprint density at radius 1 is 1.62 bits per heavy atom. The van der Waals surface area contributed by atoms with E-state index >= 15 is 0 Å². The van der Waals surface area contributed by atoms with Gasteiger partial charge in [0.2, 0.25) is 0 Å². The van der Waals surface area contributed by atoms with Gasteiger partial charge < -0.3 is 5.11 Å². The van der Waals surface area contributed by atoms with Crippen LogP contribution in [0.4, 0.5) is 0 Å². The summed E-state index contributed by atoms with van der Waals surface area (Å²) in [5, 5.41) is 13.5. The van der Waals surface area contributed by atoms with Gasteiger partial charge in [0.15, 0.2) is 0 Å². The van der Waals surface area contributed by atoms with Crippen molar-refractivity contribution >= 4 is 21.9 Å². The third-order valence-electron chi connectivity index (χ3n) is 3.32. The molecule has 0 amide bonds. The number of rotatable bonds is 4. The minimum atomic E-state index is -0.682. The van der Waals surface area contributed by atoms with Crippen molar-refractivity contribution in [1.29, 1.82) is 0 Å². The Morgan fingerprint density at radius 3 is 2.62 bits per heavy atom. The van der Waals surface area contributed by atoms with Crippen molar-refractivity contribution in [2.24, 2.45) is 12.5 Å². The molecule has 0 unspecified atom stereocenters. The summed E-state index contributed by atoms with van der Waals surface area (Å²) >= 11 is 3.52. The summed E-state index contributed by atoms with van der Waals surface area (Å²) in [6.45, 7) is 2.04. The van der Waals surface area contributed by atoms with Crippen molar-refractivity contribution in [1.82, 2.24) is 9.78 Å². The van der Waals surface area contributed by atoms with Crippen molar-refractivity contribution in [3.05, 3.63) is 15.9 Å². The number of carboxylic acid groups (broad SMARTS) is 1. The lowest BCUT2D eigenvalue weighted by Crippen LogP contribution is -2.19. The van der Waals surface area contributed by atoms with Crippen molar-refractivity contribution in [2.45, 2.75) is 32.6 Å². The molecular weight excluding hydrogens is 272 g/mol. The van der Waals surface area contributed by atoms with E-state index in [0.717, 1.165) is 35.1 Å². The topological polar surface area (TPSA) is 55.1 Å². The lowest BCUT2D eigenvalue weighted by atomic mass is 10.0. The highest BCUT2D eigenvalue weighted by molar-refractivity contribution is 9.10. The van der Waals surface area contributed by atoms with Crippen molar-refractivity contribution in [2.75, 3.05) is 0 Å².